The van der Waals surface area contributed by atoms with Gasteiger partial charge in [0, 0.05) is 25.3 Å². The van der Waals surface area contributed by atoms with E-state index in [9.17, 15) is 9.59 Å². The van der Waals surface area contributed by atoms with Crippen LogP contribution in [-0.4, -0.2) is 54.6 Å². The van der Waals surface area contributed by atoms with Crippen LogP contribution >= 0.6 is 0 Å². The molecule has 138 valence electrons. The van der Waals surface area contributed by atoms with Gasteiger partial charge in [0.15, 0.2) is 0 Å². The number of rotatable bonds is 7. The summed E-state index contributed by atoms with van der Waals surface area (Å²) in [6, 6.07) is 7.52. The van der Waals surface area contributed by atoms with Crippen molar-refractivity contribution in [2.24, 2.45) is 0 Å². The average molecular weight is 347 g/mol. The summed E-state index contributed by atoms with van der Waals surface area (Å²) >= 11 is 0. The number of benzene rings is 1. The predicted molar refractivity (Wildman–Crippen MR) is 98.4 cm³/mol. The Morgan fingerprint density at radius 1 is 1.00 bits per heavy atom. The molecule has 25 heavy (non-hydrogen) atoms. The van der Waals surface area contributed by atoms with Crippen LogP contribution in [0.1, 0.15) is 37.7 Å². The van der Waals surface area contributed by atoms with Crippen molar-refractivity contribution in [1.82, 2.24) is 10.2 Å². The summed E-state index contributed by atoms with van der Waals surface area (Å²) in [4.78, 5) is 25.9. The van der Waals surface area contributed by atoms with E-state index in [1.165, 1.54) is 19.3 Å². The quantitative estimate of drug-likeness (QED) is 0.699. The highest BCUT2D eigenvalue weighted by molar-refractivity contribution is 5.81. The number of aliphatic hydroxyl groups excluding tert-OH is 1. The molecule has 0 radical (unpaired) electrons. The first kappa shape index (κ1) is 19.2. The summed E-state index contributed by atoms with van der Waals surface area (Å²) in [7, 11) is 0. The minimum absolute atomic E-state index is 0.0559. The molecule has 0 spiro atoms. The highest BCUT2D eigenvalue weighted by Crippen LogP contribution is 2.12. The second-order valence-electron chi connectivity index (χ2n) is 6.45. The number of likely N-dealkylation sites (tertiary alicyclic amines) is 1. The van der Waals surface area contributed by atoms with Crippen molar-refractivity contribution in [2.45, 2.75) is 38.5 Å². The average Bonchev–Trinajstić information content (AvgIpc) is 2.59. The zero-order valence-electron chi connectivity index (χ0n) is 14.8. The van der Waals surface area contributed by atoms with Crippen LogP contribution in [-0.2, 0) is 16.0 Å². The minimum Gasteiger partial charge on any atom is -0.395 e. The molecule has 6 nitrogen and oxygen atoms in total. The smallest absolute Gasteiger partial charge is 0.241 e. The van der Waals surface area contributed by atoms with Gasteiger partial charge in [-0.1, -0.05) is 31.4 Å². The minimum atomic E-state index is -0.109. The fourth-order valence-corrected chi connectivity index (χ4v) is 2.97. The molecule has 2 rings (SSSR count). The molecule has 0 atom stereocenters. The van der Waals surface area contributed by atoms with E-state index in [1.807, 2.05) is 29.2 Å². The maximum Gasteiger partial charge on any atom is 0.241 e. The van der Waals surface area contributed by atoms with Gasteiger partial charge in [0.05, 0.1) is 19.6 Å². The third kappa shape index (κ3) is 7.13. The zero-order valence-corrected chi connectivity index (χ0v) is 14.8. The van der Waals surface area contributed by atoms with Gasteiger partial charge in [-0.05, 0) is 30.5 Å². The summed E-state index contributed by atoms with van der Waals surface area (Å²) in [5.41, 5.74) is 1.77. The zero-order chi connectivity index (χ0) is 17.9. The van der Waals surface area contributed by atoms with Gasteiger partial charge < -0.3 is 20.6 Å². The van der Waals surface area contributed by atoms with Crippen molar-refractivity contribution in [3.05, 3.63) is 29.8 Å². The maximum absolute atomic E-state index is 12.3. The second kappa shape index (κ2) is 10.7. The molecule has 1 aliphatic rings. The lowest BCUT2D eigenvalue weighted by Crippen LogP contribution is -2.37. The van der Waals surface area contributed by atoms with Crippen molar-refractivity contribution in [2.75, 3.05) is 38.1 Å². The summed E-state index contributed by atoms with van der Waals surface area (Å²) in [5, 5.41) is 14.5. The molecule has 0 saturated carbocycles. The van der Waals surface area contributed by atoms with Gasteiger partial charge in [-0.2, -0.15) is 0 Å². The number of hydrogen-bond donors (Lipinski definition) is 3. The Bertz CT molecular complexity index is 537. The molecular formula is C19H29N3O3. The van der Waals surface area contributed by atoms with E-state index in [-0.39, 0.29) is 31.4 Å². The Morgan fingerprint density at radius 3 is 2.28 bits per heavy atom. The molecular weight excluding hydrogens is 318 g/mol. The maximum atomic E-state index is 12.3. The first-order valence-corrected chi connectivity index (χ1v) is 9.17. The second-order valence-corrected chi connectivity index (χ2v) is 6.45. The number of anilines is 1. The molecule has 0 aromatic heterocycles. The molecule has 6 heteroatoms. The van der Waals surface area contributed by atoms with Crippen molar-refractivity contribution in [3.63, 3.8) is 0 Å². The predicted octanol–water partition coefficient (Wildman–Crippen LogP) is 1.54. The Morgan fingerprint density at radius 2 is 1.64 bits per heavy atom. The molecule has 1 fully saturated rings. The van der Waals surface area contributed by atoms with E-state index >= 15 is 0 Å². The largest absolute Gasteiger partial charge is 0.395 e. The van der Waals surface area contributed by atoms with Gasteiger partial charge in [-0.15, -0.1) is 0 Å². The number of carbonyl (C=O) groups excluding carboxylic acids is 2. The Kier molecular flexibility index (Phi) is 8.25. The lowest BCUT2D eigenvalue weighted by atomic mass is 10.1. The molecule has 0 bridgehead atoms. The number of hydrogen-bond acceptors (Lipinski definition) is 4. The number of carbonyl (C=O) groups is 2. The molecule has 0 unspecified atom stereocenters. The molecule has 1 aliphatic heterocycles. The normalized spacial score (nSPS) is 15.2. The van der Waals surface area contributed by atoms with Crippen LogP contribution in [0.2, 0.25) is 0 Å². The molecule has 1 aromatic rings. The third-order valence-electron chi connectivity index (χ3n) is 4.41. The standard InChI is InChI=1S/C19H29N3O3/c23-13-10-20-18(24)14-16-6-8-17(9-7-16)21-15-19(25)22-11-4-2-1-3-5-12-22/h6-9,21,23H,1-5,10-15H2,(H,20,24). The topological polar surface area (TPSA) is 81.7 Å². The number of nitrogens with one attached hydrogen (secondary N) is 2. The van der Waals surface area contributed by atoms with Gasteiger partial charge in [0.1, 0.15) is 0 Å². The molecule has 0 aliphatic carbocycles. The summed E-state index contributed by atoms with van der Waals surface area (Å²) in [6.45, 7) is 2.25. The molecule has 1 aromatic carbocycles. The SMILES string of the molecule is O=C(Cc1ccc(NCC(=O)N2CCCCCCC2)cc1)NCCO. The van der Waals surface area contributed by atoms with Gasteiger partial charge in [0.25, 0.3) is 0 Å². The number of nitrogens with zero attached hydrogens (tertiary/aromatic N) is 1. The highest BCUT2D eigenvalue weighted by atomic mass is 16.3. The van der Waals surface area contributed by atoms with E-state index in [1.54, 1.807) is 0 Å². The molecule has 1 saturated heterocycles. The van der Waals surface area contributed by atoms with Gasteiger partial charge in [-0.25, -0.2) is 0 Å². The lowest BCUT2D eigenvalue weighted by molar-refractivity contribution is -0.129. The van der Waals surface area contributed by atoms with Crippen molar-refractivity contribution < 1.29 is 14.7 Å². The van der Waals surface area contributed by atoms with Crippen LogP contribution in [0.15, 0.2) is 24.3 Å². The molecule has 1 heterocycles. The van der Waals surface area contributed by atoms with E-state index in [0.29, 0.717) is 6.54 Å². The highest BCUT2D eigenvalue weighted by Gasteiger charge is 2.14. The third-order valence-corrected chi connectivity index (χ3v) is 4.41. The first-order valence-electron chi connectivity index (χ1n) is 9.17. The Labute approximate surface area is 149 Å². The summed E-state index contributed by atoms with van der Waals surface area (Å²) < 4.78 is 0. The lowest BCUT2D eigenvalue weighted by Gasteiger charge is -2.25. The Hall–Kier alpha value is -2.08. The van der Waals surface area contributed by atoms with E-state index in [0.717, 1.165) is 37.2 Å². The fraction of sp³-hybridized carbons (Fsp3) is 0.579. The molecule has 2 amide bonds. The monoisotopic (exact) mass is 347 g/mol. The number of aliphatic hydroxyl groups is 1. The summed E-state index contributed by atoms with van der Waals surface area (Å²) in [6.07, 6.45) is 6.18. The first-order chi connectivity index (χ1) is 12.2. The van der Waals surface area contributed by atoms with E-state index in [2.05, 4.69) is 10.6 Å². The Balaban J connectivity index is 1.76. The van der Waals surface area contributed by atoms with Crippen molar-refractivity contribution >= 4 is 17.5 Å². The van der Waals surface area contributed by atoms with Gasteiger partial charge in [0.2, 0.25) is 11.8 Å². The van der Waals surface area contributed by atoms with Crippen LogP contribution in [0, 0.1) is 0 Å². The van der Waals surface area contributed by atoms with Crippen LogP contribution in [0.4, 0.5) is 5.69 Å². The van der Waals surface area contributed by atoms with Gasteiger partial charge >= 0.3 is 0 Å². The van der Waals surface area contributed by atoms with Crippen LogP contribution < -0.4 is 10.6 Å². The van der Waals surface area contributed by atoms with Crippen LogP contribution in [0.5, 0.6) is 0 Å². The summed E-state index contributed by atoms with van der Waals surface area (Å²) in [5.74, 6) is 0.0383. The van der Waals surface area contributed by atoms with Crippen molar-refractivity contribution in [1.29, 1.82) is 0 Å². The van der Waals surface area contributed by atoms with Crippen LogP contribution in [0.3, 0.4) is 0 Å². The van der Waals surface area contributed by atoms with E-state index in [4.69, 9.17) is 5.11 Å². The molecule has 3 N–H and O–H groups in total. The van der Waals surface area contributed by atoms with Gasteiger partial charge in [-0.3, -0.25) is 9.59 Å². The van der Waals surface area contributed by atoms with E-state index < -0.39 is 0 Å². The van der Waals surface area contributed by atoms with Crippen LogP contribution in [0.25, 0.3) is 0 Å². The fourth-order valence-electron chi connectivity index (χ4n) is 2.97. The number of amides is 2. The van der Waals surface area contributed by atoms with Crippen molar-refractivity contribution in [3.8, 4) is 0 Å².